The molecule has 0 spiro atoms. The highest BCUT2D eigenvalue weighted by Crippen LogP contribution is 2.43. The minimum absolute atomic E-state index is 0.0399. The molecule has 2 aliphatic rings. The van der Waals surface area contributed by atoms with Gasteiger partial charge >= 0.3 is 18.4 Å². The molecule has 314 valence electrons. The van der Waals surface area contributed by atoms with Gasteiger partial charge in [0, 0.05) is 48.3 Å². The maximum absolute atomic E-state index is 14.6. The van der Waals surface area contributed by atoms with Crippen LogP contribution in [0.5, 0.6) is 11.5 Å². The number of carboxylic acid groups (broad SMARTS) is 1. The largest absolute Gasteiger partial charge is 0.488 e. The van der Waals surface area contributed by atoms with Gasteiger partial charge in [-0.3, -0.25) is 4.79 Å². The number of likely N-dealkylation sites (tertiary alicyclic amines) is 2. The molecule has 0 aromatic heterocycles. The molecule has 15 heteroatoms. The zero-order chi connectivity index (χ0) is 43.0. The molecule has 4 aromatic carbocycles. The van der Waals surface area contributed by atoms with E-state index in [4.69, 9.17) is 14.2 Å². The predicted molar refractivity (Wildman–Crippen MR) is 210 cm³/mol. The number of hydrogen-bond donors (Lipinski definition) is 2. The predicted octanol–water partition coefficient (Wildman–Crippen LogP) is 10.5. The minimum atomic E-state index is -4.73. The van der Waals surface area contributed by atoms with E-state index in [1.54, 1.807) is 20.8 Å². The Morgan fingerprint density at radius 2 is 1.46 bits per heavy atom. The van der Waals surface area contributed by atoms with Crippen molar-refractivity contribution in [1.29, 1.82) is 0 Å². The van der Waals surface area contributed by atoms with Crippen LogP contribution in [0.4, 0.5) is 37.2 Å². The van der Waals surface area contributed by atoms with Crippen LogP contribution in [0.1, 0.15) is 70.3 Å². The Bertz CT molecular complexity index is 2230. The number of anilines is 1. The van der Waals surface area contributed by atoms with Crippen LogP contribution in [0.25, 0.3) is 22.3 Å². The number of nitrogens with one attached hydrogen (secondary N) is 1. The first-order valence-corrected chi connectivity index (χ1v) is 19.1. The van der Waals surface area contributed by atoms with E-state index in [1.807, 2.05) is 20.8 Å². The molecule has 0 aliphatic carbocycles. The molecular formula is C44H46F5N3O7. The molecule has 6 rings (SSSR count). The van der Waals surface area contributed by atoms with Crippen LogP contribution in [0.2, 0.25) is 0 Å². The van der Waals surface area contributed by atoms with Gasteiger partial charge in [0.25, 0.3) is 5.91 Å². The van der Waals surface area contributed by atoms with Gasteiger partial charge in [-0.2, -0.15) is 13.2 Å². The lowest BCUT2D eigenvalue weighted by Gasteiger charge is -2.37. The lowest BCUT2D eigenvalue weighted by molar-refractivity contribution is -0.137. The molecule has 10 nitrogen and oxygen atoms in total. The number of rotatable bonds is 8. The topological polar surface area (TPSA) is 118 Å². The average Bonchev–Trinajstić information content (AvgIpc) is 3.80. The van der Waals surface area contributed by atoms with Gasteiger partial charge < -0.3 is 34.4 Å². The normalized spacial score (nSPS) is 18.5. The maximum Gasteiger partial charge on any atom is 0.417 e. The molecule has 2 aliphatic heterocycles. The molecule has 0 saturated carbocycles. The number of carbonyl (C=O) groups excluding carboxylic acids is 2. The first kappa shape index (κ1) is 42.7. The summed E-state index contributed by atoms with van der Waals surface area (Å²) in [4.78, 5) is 41.5. The van der Waals surface area contributed by atoms with E-state index in [2.05, 4.69) is 5.32 Å². The van der Waals surface area contributed by atoms with Crippen molar-refractivity contribution in [2.45, 2.75) is 84.4 Å². The van der Waals surface area contributed by atoms with Crippen molar-refractivity contribution in [1.82, 2.24) is 9.80 Å². The number of benzene rings is 4. The Balaban J connectivity index is 1.32. The summed E-state index contributed by atoms with van der Waals surface area (Å²) < 4.78 is 89.8. The first-order valence-electron chi connectivity index (χ1n) is 19.1. The molecule has 3 amide bonds. The smallest absolute Gasteiger partial charge is 0.417 e. The Labute approximate surface area is 338 Å². The van der Waals surface area contributed by atoms with Crippen molar-refractivity contribution in [3.05, 3.63) is 102 Å². The van der Waals surface area contributed by atoms with Crippen molar-refractivity contribution in [2.75, 3.05) is 25.0 Å². The number of halogens is 5. The van der Waals surface area contributed by atoms with Crippen molar-refractivity contribution in [3.8, 4) is 33.8 Å². The van der Waals surface area contributed by atoms with Crippen LogP contribution in [0.15, 0.2) is 78.9 Å². The standard InChI is InChI=1S/C44H46F5N3O7/c1-42(2,3)38-37(18-20-52(38)40(54)55)58-35-15-12-26(21-30(35)25-11-14-33(45)34(46)22-25)39(53)50-27-13-16-36(31(23-27)29-9-7-8-10-32(29)44(47,48)49)57-28-17-19-51(24-28)41(56)59-43(4,5)6/h7-16,21-23,28,37-38H,17-20,24H2,1-6H3,(H,50,53)(H,54,55). The molecule has 0 radical (unpaired) electrons. The van der Waals surface area contributed by atoms with E-state index < -0.39 is 70.7 Å². The summed E-state index contributed by atoms with van der Waals surface area (Å²) >= 11 is 0. The highest BCUT2D eigenvalue weighted by molar-refractivity contribution is 6.05. The Hall–Kier alpha value is -5.86. The van der Waals surface area contributed by atoms with E-state index in [-0.39, 0.29) is 58.1 Å². The zero-order valence-electron chi connectivity index (χ0n) is 33.5. The van der Waals surface area contributed by atoms with E-state index in [0.717, 1.165) is 18.2 Å². The number of ether oxygens (including phenoxy) is 3. The summed E-state index contributed by atoms with van der Waals surface area (Å²) in [5.41, 5.74) is -1.76. The number of hydrogen-bond acceptors (Lipinski definition) is 6. The summed E-state index contributed by atoms with van der Waals surface area (Å²) in [5, 5.41) is 12.6. The second-order valence-corrected chi connectivity index (χ2v) is 16.7. The fourth-order valence-corrected chi connectivity index (χ4v) is 7.54. The summed E-state index contributed by atoms with van der Waals surface area (Å²) in [5.74, 6) is -2.62. The summed E-state index contributed by atoms with van der Waals surface area (Å²) in [7, 11) is 0. The minimum Gasteiger partial charge on any atom is -0.488 e. The number of carbonyl (C=O) groups is 3. The van der Waals surface area contributed by atoms with Crippen molar-refractivity contribution < 1.29 is 55.7 Å². The second-order valence-electron chi connectivity index (χ2n) is 16.7. The fraction of sp³-hybridized carbons (Fsp3) is 0.386. The highest BCUT2D eigenvalue weighted by Gasteiger charge is 2.46. The Morgan fingerprint density at radius 1 is 0.763 bits per heavy atom. The molecule has 3 atom stereocenters. The maximum atomic E-state index is 14.6. The SMILES string of the molecule is CC(C)(C)OC(=O)N1CCC(Oc2ccc(NC(=O)c3ccc(OC4CCN(C(=O)O)C4C(C)(C)C)c(-c4ccc(F)c(F)c4)c3)cc2-c2ccccc2C(F)(F)F)C1. The van der Waals surface area contributed by atoms with Crippen LogP contribution < -0.4 is 14.8 Å². The molecule has 0 bridgehead atoms. The second kappa shape index (κ2) is 16.4. The summed E-state index contributed by atoms with van der Waals surface area (Å²) in [6.07, 6.45) is -6.79. The Morgan fingerprint density at radius 3 is 2.12 bits per heavy atom. The van der Waals surface area contributed by atoms with Crippen molar-refractivity contribution >= 4 is 23.8 Å². The first-order chi connectivity index (χ1) is 27.6. The number of amides is 3. The lowest BCUT2D eigenvalue weighted by atomic mass is 9.83. The van der Waals surface area contributed by atoms with Crippen molar-refractivity contribution in [3.63, 3.8) is 0 Å². The third-order valence-electron chi connectivity index (χ3n) is 10.1. The van der Waals surface area contributed by atoms with E-state index in [1.165, 1.54) is 70.5 Å². The van der Waals surface area contributed by atoms with Gasteiger partial charge in [0.1, 0.15) is 29.3 Å². The van der Waals surface area contributed by atoms with Gasteiger partial charge in [0.15, 0.2) is 11.6 Å². The quantitative estimate of drug-likeness (QED) is 0.170. The van der Waals surface area contributed by atoms with E-state index >= 15 is 0 Å². The van der Waals surface area contributed by atoms with Crippen molar-refractivity contribution in [2.24, 2.45) is 5.41 Å². The fourth-order valence-electron chi connectivity index (χ4n) is 7.54. The molecular weight excluding hydrogens is 777 g/mol. The van der Waals surface area contributed by atoms with Gasteiger partial charge in [-0.15, -0.1) is 0 Å². The van der Waals surface area contributed by atoms with Crippen LogP contribution in [-0.2, 0) is 10.9 Å². The molecule has 2 fully saturated rings. The van der Waals surface area contributed by atoms with Crippen LogP contribution in [-0.4, -0.2) is 76.5 Å². The lowest BCUT2D eigenvalue weighted by Crippen LogP contribution is -2.48. The summed E-state index contributed by atoms with van der Waals surface area (Å²) in [6.45, 7) is 11.6. The van der Waals surface area contributed by atoms with Gasteiger partial charge in [-0.05, 0) is 91.9 Å². The molecule has 4 aromatic rings. The summed E-state index contributed by atoms with van der Waals surface area (Å²) in [6, 6.07) is 16.3. The number of alkyl halides is 3. The van der Waals surface area contributed by atoms with Gasteiger partial charge in [-0.25, -0.2) is 18.4 Å². The molecule has 2 saturated heterocycles. The molecule has 3 unspecified atom stereocenters. The van der Waals surface area contributed by atoms with Gasteiger partial charge in [0.05, 0.1) is 18.2 Å². The average molecular weight is 824 g/mol. The Kier molecular flexibility index (Phi) is 11.9. The van der Waals surface area contributed by atoms with Gasteiger partial charge in [-0.1, -0.05) is 45.0 Å². The molecule has 59 heavy (non-hydrogen) atoms. The van der Waals surface area contributed by atoms with Crippen LogP contribution >= 0.6 is 0 Å². The van der Waals surface area contributed by atoms with E-state index in [0.29, 0.717) is 19.4 Å². The number of nitrogens with zero attached hydrogens (tertiary/aromatic N) is 2. The molecule has 2 heterocycles. The highest BCUT2D eigenvalue weighted by atomic mass is 19.4. The third-order valence-corrected chi connectivity index (χ3v) is 10.1. The van der Waals surface area contributed by atoms with Crippen LogP contribution in [0, 0.1) is 17.0 Å². The monoisotopic (exact) mass is 823 g/mol. The van der Waals surface area contributed by atoms with Crippen LogP contribution in [0.3, 0.4) is 0 Å². The third kappa shape index (κ3) is 9.89. The van der Waals surface area contributed by atoms with Gasteiger partial charge in [0.2, 0.25) is 0 Å². The molecule has 2 N–H and O–H groups in total. The zero-order valence-corrected chi connectivity index (χ0v) is 33.5. The van der Waals surface area contributed by atoms with E-state index in [9.17, 15) is 41.4 Å².